The maximum absolute atomic E-state index is 11.1. The Kier molecular flexibility index (Phi) is 2.28. The van der Waals surface area contributed by atoms with Crippen LogP contribution in [0.1, 0.15) is 20.8 Å². The summed E-state index contributed by atoms with van der Waals surface area (Å²) in [6, 6.07) is 0. The maximum atomic E-state index is 11.1. The molecule has 0 aromatic rings. The molecule has 0 aromatic carbocycles. The van der Waals surface area contributed by atoms with Gasteiger partial charge >= 0.3 is 0 Å². The minimum atomic E-state index is -1.32. The number of rotatable bonds is 2. The lowest BCUT2D eigenvalue weighted by molar-refractivity contribution is -0.125. The fourth-order valence-corrected chi connectivity index (χ4v) is 0.694. The van der Waals surface area contributed by atoms with Crippen LogP contribution in [0.3, 0.4) is 0 Å². The average Bonchev–Trinajstić information content (AvgIpc) is 1.59. The summed E-state index contributed by atoms with van der Waals surface area (Å²) in [5.41, 5.74) is 8.50. The zero-order valence-electron chi connectivity index (χ0n) is 6.64. The van der Waals surface area contributed by atoms with Gasteiger partial charge in [0.25, 0.3) is 0 Å². The van der Waals surface area contributed by atoms with Crippen molar-refractivity contribution >= 4 is 13.6 Å². The lowest BCUT2D eigenvalue weighted by Gasteiger charge is -2.27. The van der Waals surface area contributed by atoms with Gasteiger partial charge in [-0.1, -0.05) is 0 Å². The summed E-state index contributed by atoms with van der Waals surface area (Å²) in [6.07, 6.45) is 0. The standard InChI is InChI=1S/C6H13BN2O/c1-5(2,8)4(10)6(3,7)9/h8-9H2,1-3H3. The molecule has 56 valence electrons. The highest BCUT2D eigenvalue weighted by atomic mass is 16.1. The molecule has 3 nitrogen and oxygen atoms in total. The molecule has 0 saturated carbocycles. The highest BCUT2D eigenvalue weighted by molar-refractivity contribution is 6.29. The van der Waals surface area contributed by atoms with Crippen LogP contribution in [0.2, 0.25) is 0 Å². The minimum absolute atomic E-state index is 0.347. The molecule has 2 radical (unpaired) electrons. The second kappa shape index (κ2) is 2.36. The predicted molar refractivity (Wildman–Crippen MR) is 41.6 cm³/mol. The number of carbonyl (C=O) groups is 1. The molecule has 4 N–H and O–H groups in total. The number of nitrogens with two attached hydrogens (primary N) is 2. The van der Waals surface area contributed by atoms with E-state index < -0.39 is 11.0 Å². The topological polar surface area (TPSA) is 69.1 Å². The molecule has 1 atom stereocenters. The highest BCUT2D eigenvalue weighted by Gasteiger charge is 2.32. The first-order valence-electron chi connectivity index (χ1n) is 3.07. The van der Waals surface area contributed by atoms with Gasteiger partial charge in [-0.2, -0.15) is 0 Å². The van der Waals surface area contributed by atoms with E-state index in [0.717, 1.165) is 0 Å². The van der Waals surface area contributed by atoms with Crippen molar-refractivity contribution in [3.63, 3.8) is 0 Å². The van der Waals surface area contributed by atoms with Crippen LogP contribution in [0.4, 0.5) is 0 Å². The smallest absolute Gasteiger partial charge is 0.162 e. The number of carbonyl (C=O) groups excluding carboxylic acids is 1. The molecule has 0 bridgehead atoms. The molecule has 0 fully saturated rings. The Morgan fingerprint density at radius 2 is 1.60 bits per heavy atom. The van der Waals surface area contributed by atoms with Gasteiger partial charge in [0.05, 0.1) is 5.54 Å². The Morgan fingerprint density at radius 3 is 1.60 bits per heavy atom. The molecule has 0 saturated heterocycles. The van der Waals surface area contributed by atoms with E-state index in [1.165, 1.54) is 6.92 Å². The Balaban J connectivity index is 4.40. The van der Waals surface area contributed by atoms with Gasteiger partial charge in [0, 0.05) is 5.44 Å². The SMILES string of the molecule is [B]C(C)(N)C(=O)C(C)(C)N. The summed E-state index contributed by atoms with van der Waals surface area (Å²) >= 11 is 0. The van der Waals surface area contributed by atoms with Gasteiger partial charge in [-0.3, -0.25) is 4.79 Å². The van der Waals surface area contributed by atoms with Gasteiger partial charge < -0.3 is 11.5 Å². The summed E-state index contributed by atoms with van der Waals surface area (Å²) in [5, 5.41) is 0. The quantitative estimate of drug-likeness (QED) is 0.490. The third-order valence-electron chi connectivity index (χ3n) is 1.07. The van der Waals surface area contributed by atoms with E-state index in [-0.39, 0.29) is 5.78 Å². The molecule has 0 aromatic heterocycles. The maximum Gasteiger partial charge on any atom is 0.162 e. The van der Waals surface area contributed by atoms with E-state index in [4.69, 9.17) is 19.3 Å². The van der Waals surface area contributed by atoms with E-state index in [2.05, 4.69) is 0 Å². The van der Waals surface area contributed by atoms with Gasteiger partial charge in [-0.25, -0.2) is 0 Å². The molecule has 0 rings (SSSR count). The molecular weight excluding hydrogens is 127 g/mol. The van der Waals surface area contributed by atoms with Gasteiger partial charge in [0.2, 0.25) is 0 Å². The minimum Gasteiger partial charge on any atom is -0.327 e. The van der Waals surface area contributed by atoms with Gasteiger partial charge in [0.1, 0.15) is 7.85 Å². The molecule has 1 unspecified atom stereocenters. The first-order valence-corrected chi connectivity index (χ1v) is 3.07. The summed E-state index contributed by atoms with van der Waals surface area (Å²) in [4.78, 5) is 11.1. The third kappa shape index (κ3) is 2.50. The van der Waals surface area contributed by atoms with E-state index in [1.807, 2.05) is 0 Å². The predicted octanol–water partition coefficient (Wildman–Crippen LogP) is -0.864. The molecule has 0 amide bonds. The lowest BCUT2D eigenvalue weighted by Crippen LogP contribution is -2.58. The third-order valence-corrected chi connectivity index (χ3v) is 1.07. The molecule has 0 heterocycles. The van der Waals surface area contributed by atoms with Crippen LogP contribution in [-0.2, 0) is 4.79 Å². The zero-order valence-corrected chi connectivity index (χ0v) is 6.64. The largest absolute Gasteiger partial charge is 0.327 e. The zero-order chi connectivity index (χ0) is 8.58. The first-order chi connectivity index (χ1) is 4.15. The molecule has 0 spiro atoms. The van der Waals surface area contributed by atoms with Crippen molar-refractivity contribution in [3.05, 3.63) is 0 Å². The molecule has 4 heteroatoms. The summed E-state index contributed by atoms with van der Waals surface area (Å²) in [5.74, 6) is -0.347. The molecular formula is C6H13BN2O. The van der Waals surface area contributed by atoms with Crippen LogP contribution in [-0.4, -0.2) is 24.6 Å². The van der Waals surface area contributed by atoms with Crippen LogP contribution >= 0.6 is 0 Å². The second-order valence-corrected chi connectivity index (χ2v) is 3.33. The average molecular weight is 140 g/mol. The number of Topliss-reactive ketones (excluding diaryl/α,β-unsaturated/α-hetero) is 1. The Labute approximate surface area is 62.6 Å². The van der Waals surface area contributed by atoms with E-state index in [9.17, 15) is 4.79 Å². The van der Waals surface area contributed by atoms with E-state index in [1.54, 1.807) is 13.8 Å². The van der Waals surface area contributed by atoms with Crippen molar-refractivity contribution in [2.24, 2.45) is 11.5 Å². The molecule has 0 aliphatic rings. The monoisotopic (exact) mass is 140 g/mol. The first kappa shape index (κ1) is 9.65. The summed E-state index contributed by atoms with van der Waals surface area (Å²) < 4.78 is 0. The highest BCUT2D eigenvalue weighted by Crippen LogP contribution is 2.06. The van der Waals surface area contributed by atoms with Crippen LogP contribution in [0, 0.1) is 0 Å². The Bertz CT molecular complexity index is 127. The fourth-order valence-electron chi connectivity index (χ4n) is 0.694. The number of ketones is 1. The normalized spacial score (nSPS) is 18.1. The molecule has 0 aliphatic carbocycles. The number of hydrogen-bond donors (Lipinski definition) is 2. The van der Waals surface area contributed by atoms with Crippen LogP contribution < -0.4 is 11.5 Å². The van der Waals surface area contributed by atoms with Crippen molar-refractivity contribution in [1.82, 2.24) is 0 Å². The summed E-state index contributed by atoms with van der Waals surface area (Å²) in [6.45, 7) is 4.59. The summed E-state index contributed by atoms with van der Waals surface area (Å²) in [7, 11) is 5.31. The van der Waals surface area contributed by atoms with Gasteiger partial charge in [-0.05, 0) is 20.8 Å². The van der Waals surface area contributed by atoms with Gasteiger partial charge in [-0.15, -0.1) is 0 Å². The van der Waals surface area contributed by atoms with Crippen molar-refractivity contribution in [3.8, 4) is 0 Å². The van der Waals surface area contributed by atoms with Crippen molar-refractivity contribution in [2.45, 2.75) is 31.7 Å². The van der Waals surface area contributed by atoms with Crippen molar-refractivity contribution in [2.75, 3.05) is 0 Å². The van der Waals surface area contributed by atoms with Crippen LogP contribution in [0.5, 0.6) is 0 Å². The van der Waals surface area contributed by atoms with Crippen LogP contribution in [0.15, 0.2) is 0 Å². The van der Waals surface area contributed by atoms with Gasteiger partial charge in [0.15, 0.2) is 5.78 Å². The van der Waals surface area contributed by atoms with Crippen molar-refractivity contribution in [1.29, 1.82) is 0 Å². The number of hydrogen-bond acceptors (Lipinski definition) is 3. The molecule has 0 aliphatic heterocycles. The fraction of sp³-hybridized carbons (Fsp3) is 0.833. The van der Waals surface area contributed by atoms with Crippen molar-refractivity contribution < 1.29 is 4.79 Å². The lowest BCUT2D eigenvalue weighted by atomic mass is 9.71. The van der Waals surface area contributed by atoms with E-state index in [0.29, 0.717) is 0 Å². The molecule has 10 heavy (non-hydrogen) atoms. The second-order valence-electron chi connectivity index (χ2n) is 3.33. The van der Waals surface area contributed by atoms with Crippen LogP contribution in [0.25, 0.3) is 0 Å². The Morgan fingerprint density at radius 1 is 1.30 bits per heavy atom. The van der Waals surface area contributed by atoms with E-state index >= 15 is 0 Å². The Hall–Kier alpha value is -0.345.